The lowest BCUT2D eigenvalue weighted by molar-refractivity contribution is -0.118. The Morgan fingerprint density at radius 2 is 2.24 bits per heavy atom. The summed E-state index contributed by atoms with van der Waals surface area (Å²) < 4.78 is 1.96. The highest BCUT2D eigenvalue weighted by Crippen LogP contribution is 2.20. The van der Waals surface area contributed by atoms with E-state index in [-0.39, 0.29) is 11.9 Å². The summed E-state index contributed by atoms with van der Waals surface area (Å²) >= 11 is 1.38. The quantitative estimate of drug-likeness (QED) is 0.727. The molecule has 1 heterocycles. The average Bonchev–Trinajstić information content (AvgIpc) is 2.69. The van der Waals surface area contributed by atoms with Gasteiger partial charge in [-0.3, -0.25) is 4.79 Å². The predicted molar refractivity (Wildman–Crippen MR) is 67.7 cm³/mol. The lowest BCUT2D eigenvalue weighted by Crippen LogP contribution is -2.24. The monoisotopic (exact) mass is 257 g/mol. The van der Waals surface area contributed by atoms with Crippen LogP contribution in [0.3, 0.4) is 0 Å². The Labute approximate surface area is 105 Å². The summed E-state index contributed by atoms with van der Waals surface area (Å²) in [6, 6.07) is 0.236. The van der Waals surface area contributed by atoms with Crippen molar-refractivity contribution < 1.29 is 4.79 Å². The van der Waals surface area contributed by atoms with Gasteiger partial charge in [0.05, 0.1) is 12.3 Å². The molecule has 0 aliphatic rings. The topological polar surface area (TPSA) is 85.8 Å². The second kappa shape index (κ2) is 6.61. The maximum absolute atomic E-state index is 11.4. The van der Waals surface area contributed by atoms with Gasteiger partial charge in [0.2, 0.25) is 5.91 Å². The molecule has 1 rings (SSSR count). The summed E-state index contributed by atoms with van der Waals surface area (Å²) in [5.41, 5.74) is 5.59. The van der Waals surface area contributed by atoms with Crippen LogP contribution in [0, 0.1) is 0 Å². The number of nitrogens with one attached hydrogen (secondary N) is 1. The van der Waals surface area contributed by atoms with Gasteiger partial charge in [0.15, 0.2) is 5.16 Å². The Kier molecular flexibility index (Phi) is 5.43. The molecule has 1 aromatic rings. The fraction of sp³-hybridized carbons (Fsp3) is 0.700. The molecule has 0 saturated heterocycles. The molecule has 7 heteroatoms. The van der Waals surface area contributed by atoms with Crippen LogP contribution in [-0.4, -0.2) is 33.0 Å². The predicted octanol–water partition coefficient (Wildman–Crippen LogP) is 0.546. The van der Waals surface area contributed by atoms with Gasteiger partial charge in [-0.15, -0.1) is 10.2 Å². The van der Waals surface area contributed by atoms with E-state index in [1.54, 1.807) is 0 Å². The van der Waals surface area contributed by atoms with E-state index in [2.05, 4.69) is 15.5 Å². The Morgan fingerprint density at radius 3 is 2.76 bits per heavy atom. The van der Waals surface area contributed by atoms with Crippen molar-refractivity contribution in [3.05, 3.63) is 5.82 Å². The minimum absolute atomic E-state index is 0.00473. The van der Waals surface area contributed by atoms with Crippen LogP contribution in [0.2, 0.25) is 0 Å². The molecule has 0 fully saturated rings. The third-order valence-corrected chi connectivity index (χ3v) is 3.08. The Bertz CT molecular complexity index is 377. The molecule has 0 aromatic carbocycles. The highest BCUT2D eigenvalue weighted by Gasteiger charge is 2.14. The second-order valence-electron chi connectivity index (χ2n) is 3.81. The molecule has 1 amide bonds. The first-order valence-corrected chi connectivity index (χ1v) is 6.62. The van der Waals surface area contributed by atoms with Crippen molar-refractivity contribution >= 4 is 17.7 Å². The Morgan fingerprint density at radius 1 is 1.53 bits per heavy atom. The molecule has 1 aromatic heterocycles. The van der Waals surface area contributed by atoms with E-state index in [1.807, 2.05) is 25.3 Å². The number of aromatic nitrogens is 3. The number of rotatable bonds is 6. The Hall–Kier alpha value is -1.08. The van der Waals surface area contributed by atoms with Crippen LogP contribution in [-0.2, 0) is 11.3 Å². The zero-order chi connectivity index (χ0) is 12.8. The van der Waals surface area contributed by atoms with E-state index in [1.165, 1.54) is 11.8 Å². The maximum atomic E-state index is 11.4. The van der Waals surface area contributed by atoms with Crippen molar-refractivity contribution in [2.75, 3.05) is 12.3 Å². The van der Waals surface area contributed by atoms with Gasteiger partial charge in [0, 0.05) is 12.6 Å². The van der Waals surface area contributed by atoms with Gasteiger partial charge in [-0.1, -0.05) is 11.8 Å². The maximum Gasteiger partial charge on any atom is 0.230 e. The number of carbonyl (C=O) groups is 1. The van der Waals surface area contributed by atoms with Crippen LogP contribution in [0.15, 0.2) is 5.16 Å². The summed E-state index contributed by atoms with van der Waals surface area (Å²) in [4.78, 5) is 11.4. The standard InChI is InChI=1S/C10H19N5OS/c1-4-12-9(16)6-17-10-14-13-8(5-11)15(10)7(2)3/h7H,4-6,11H2,1-3H3,(H,12,16). The van der Waals surface area contributed by atoms with Crippen LogP contribution in [0.4, 0.5) is 0 Å². The van der Waals surface area contributed by atoms with Crippen molar-refractivity contribution in [1.29, 1.82) is 0 Å². The number of hydrogen-bond donors (Lipinski definition) is 2. The minimum Gasteiger partial charge on any atom is -0.356 e. The molecule has 0 aliphatic heterocycles. The molecule has 0 aliphatic carbocycles. The van der Waals surface area contributed by atoms with Gasteiger partial charge in [-0.25, -0.2) is 0 Å². The molecular formula is C10H19N5OS. The minimum atomic E-state index is 0.00473. The molecule has 96 valence electrons. The third-order valence-electron chi connectivity index (χ3n) is 2.14. The SMILES string of the molecule is CCNC(=O)CSc1nnc(CN)n1C(C)C. The molecule has 3 N–H and O–H groups in total. The normalized spacial score (nSPS) is 10.9. The van der Waals surface area contributed by atoms with E-state index < -0.39 is 0 Å². The number of nitrogens with two attached hydrogens (primary N) is 1. The fourth-order valence-electron chi connectivity index (χ4n) is 1.44. The number of amides is 1. The van der Waals surface area contributed by atoms with Crippen molar-refractivity contribution in [1.82, 2.24) is 20.1 Å². The zero-order valence-electron chi connectivity index (χ0n) is 10.4. The fourth-order valence-corrected chi connectivity index (χ4v) is 2.36. The molecular weight excluding hydrogens is 238 g/mol. The van der Waals surface area contributed by atoms with Crippen LogP contribution in [0.1, 0.15) is 32.6 Å². The first-order valence-electron chi connectivity index (χ1n) is 5.63. The van der Waals surface area contributed by atoms with Gasteiger partial charge in [0.25, 0.3) is 0 Å². The molecule has 6 nitrogen and oxygen atoms in total. The molecule has 0 atom stereocenters. The van der Waals surface area contributed by atoms with Gasteiger partial charge >= 0.3 is 0 Å². The third kappa shape index (κ3) is 3.71. The largest absolute Gasteiger partial charge is 0.356 e. The summed E-state index contributed by atoms with van der Waals surface area (Å²) in [6.45, 7) is 6.97. The van der Waals surface area contributed by atoms with E-state index >= 15 is 0 Å². The Balaban J connectivity index is 2.71. The molecule has 17 heavy (non-hydrogen) atoms. The number of nitrogens with zero attached hydrogens (tertiary/aromatic N) is 3. The number of hydrogen-bond acceptors (Lipinski definition) is 5. The van der Waals surface area contributed by atoms with E-state index in [4.69, 9.17) is 5.73 Å². The van der Waals surface area contributed by atoms with Crippen LogP contribution in [0.5, 0.6) is 0 Å². The first-order chi connectivity index (χ1) is 8.10. The number of carbonyl (C=O) groups excluding carboxylic acids is 1. The molecule has 0 spiro atoms. The van der Waals surface area contributed by atoms with Crippen molar-refractivity contribution in [3.8, 4) is 0 Å². The molecule has 0 unspecified atom stereocenters. The van der Waals surface area contributed by atoms with E-state index in [9.17, 15) is 4.79 Å². The molecule has 0 bridgehead atoms. The van der Waals surface area contributed by atoms with Crippen LogP contribution in [0.25, 0.3) is 0 Å². The summed E-state index contributed by atoms with van der Waals surface area (Å²) in [6.07, 6.45) is 0. The smallest absolute Gasteiger partial charge is 0.230 e. The van der Waals surface area contributed by atoms with Gasteiger partial charge < -0.3 is 15.6 Å². The highest BCUT2D eigenvalue weighted by atomic mass is 32.2. The average molecular weight is 257 g/mol. The lowest BCUT2D eigenvalue weighted by Gasteiger charge is -2.12. The molecule has 0 radical (unpaired) electrons. The van der Waals surface area contributed by atoms with Crippen molar-refractivity contribution in [2.45, 2.75) is 38.5 Å². The number of thioether (sulfide) groups is 1. The van der Waals surface area contributed by atoms with Gasteiger partial charge in [-0.2, -0.15) is 0 Å². The van der Waals surface area contributed by atoms with Crippen molar-refractivity contribution in [3.63, 3.8) is 0 Å². The van der Waals surface area contributed by atoms with Crippen LogP contribution >= 0.6 is 11.8 Å². The van der Waals surface area contributed by atoms with Crippen molar-refractivity contribution in [2.24, 2.45) is 5.73 Å². The second-order valence-corrected chi connectivity index (χ2v) is 4.75. The highest BCUT2D eigenvalue weighted by molar-refractivity contribution is 7.99. The zero-order valence-corrected chi connectivity index (χ0v) is 11.3. The van der Waals surface area contributed by atoms with E-state index in [0.717, 1.165) is 11.0 Å². The summed E-state index contributed by atoms with van der Waals surface area (Å²) in [7, 11) is 0. The lowest BCUT2D eigenvalue weighted by atomic mass is 10.4. The first kappa shape index (κ1) is 14.0. The van der Waals surface area contributed by atoms with Gasteiger partial charge in [-0.05, 0) is 20.8 Å². The van der Waals surface area contributed by atoms with E-state index in [0.29, 0.717) is 18.8 Å². The summed E-state index contributed by atoms with van der Waals surface area (Å²) in [5.74, 6) is 1.10. The molecule has 0 saturated carbocycles. The van der Waals surface area contributed by atoms with Crippen LogP contribution < -0.4 is 11.1 Å². The van der Waals surface area contributed by atoms with Gasteiger partial charge in [0.1, 0.15) is 5.82 Å². The summed E-state index contributed by atoms with van der Waals surface area (Å²) in [5, 5.41) is 11.6.